The highest BCUT2D eigenvalue weighted by Crippen LogP contribution is 2.24. The van der Waals surface area contributed by atoms with Gasteiger partial charge < -0.3 is 4.42 Å². The fourth-order valence-corrected chi connectivity index (χ4v) is 3.18. The van der Waals surface area contributed by atoms with Crippen LogP contribution in [-0.2, 0) is 26.1 Å². The quantitative estimate of drug-likeness (QED) is 0.737. The third kappa shape index (κ3) is 6.15. The third-order valence-electron chi connectivity index (χ3n) is 4.43. The molecule has 1 aliphatic rings. The van der Waals surface area contributed by atoms with Crippen LogP contribution in [0.1, 0.15) is 36.3 Å². The molecule has 0 aliphatic carbocycles. The van der Waals surface area contributed by atoms with Crippen molar-refractivity contribution < 1.29 is 4.42 Å². The van der Waals surface area contributed by atoms with Crippen molar-refractivity contribution in [3.8, 4) is 0 Å². The van der Waals surface area contributed by atoms with E-state index in [0.717, 1.165) is 38.4 Å². The predicted octanol–water partition coefficient (Wildman–Crippen LogP) is 4.34. The summed E-state index contributed by atoms with van der Waals surface area (Å²) in [7, 11) is 2.13. The number of hydrogen-bond donors (Lipinski definition) is 0. The minimum Gasteiger partial charge on any atom is -0.468 e. The van der Waals surface area contributed by atoms with E-state index in [1.807, 2.05) is 24.5 Å². The highest BCUT2D eigenvalue weighted by molar-refractivity contribution is 5.86. The van der Waals surface area contributed by atoms with Gasteiger partial charge in [-0.15, -0.1) is 37.2 Å². The van der Waals surface area contributed by atoms with Crippen LogP contribution in [0.15, 0.2) is 35.2 Å². The summed E-state index contributed by atoms with van der Waals surface area (Å²) in [4.78, 5) is 9.26. The fraction of sp³-hybridized carbons (Fsp3) is 0.500. The van der Waals surface area contributed by atoms with Crippen LogP contribution < -0.4 is 0 Å². The van der Waals surface area contributed by atoms with E-state index in [0.29, 0.717) is 6.04 Å². The van der Waals surface area contributed by atoms with E-state index in [-0.39, 0.29) is 37.2 Å². The molecule has 0 spiro atoms. The summed E-state index contributed by atoms with van der Waals surface area (Å²) in [5.74, 6) is 1.01. The number of hydrogen-bond acceptors (Lipinski definition) is 4. The van der Waals surface area contributed by atoms with Crippen LogP contribution in [0.5, 0.6) is 0 Å². The van der Waals surface area contributed by atoms with Gasteiger partial charge in [-0.2, -0.15) is 0 Å². The van der Waals surface area contributed by atoms with Crippen molar-refractivity contribution >= 4 is 37.2 Å². The highest BCUT2D eigenvalue weighted by Gasteiger charge is 2.21. The van der Waals surface area contributed by atoms with E-state index < -0.39 is 0 Å². The molecule has 0 saturated heterocycles. The minimum atomic E-state index is 0. The third-order valence-corrected chi connectivity index (χ3v) is 4.43. The molecular weight excluding hydrogens is 381 g/mol. The number of aromatic nitrogens is 1. The molecule has 0 fully saturated rings. The van der Waals surface area contributed by atoms with Gasteiger partial charge in [-0.3, -0.25) is 14.8 Å². The molecule has 3 heterocycles. The zero-order chi connectivity index (χ0) is 15.5. The summed E-state index contributed by atoms with van der Waals surface area (Å²) >= 11 is 0. The van der Waals surface area contributed by atoms with E-state index in [1.165, 1.54) is 16.7 Å². The topological polar surface area (TPSA) is 32.5 Å². The summed E-state index contributed by atoms with van der Waals surface area (Å²) in [6, 6.07) is 4.56. The summed E-state index contributed by atoms with van der Waals surface area (Å²) in [6.45, 7) is 8.44. The molecule has 0 unspecified atom stereocenters. The fourth-order valence-electron chi connectivity index (χ4n) is 3.18. The lowest BCUT2D eigenvalue weighted by molar-refractivity contribution is 0.201. The number of fused-ring (bicyclic) bond motifs is 1. The predicted molar refractivity (Wildman–Crippen MR) is 109 cm³/mol. The van der Waals surface area contributed by atoms with Gasteiger partial charge in [-0.05, 0) is 56.1 Å². The Kier molecular flexibility index (Phi) is 10.7. The molecule has 0 atom stereocenters. The van der Waals surface area contributed by atoms with E-state index in [4.69, 9.17) is 4.42 Å². The average Bonchev–Trinajstić information content (AvgIpc) is 2.99. The lowest BCUT2D eigenvalue weighted by Gasteiger charge is -2.33. The molecule has 142 valence electrons. The number of furan rings is 1. The Morgan fingerprint density at radius 3 is 2.60 bits per heavy atom. The van der Waals surface area contributed by atoms with Gasteiger partial charge in [0.15, 0.2) is 0 Å². The monoisotopic (exact) mass is 407 g/mol. The maximum absolute atomic E-state index is 5.43. The number of nitrogens with zero attached hydrogens (tertiary/aromatic N) is 3. The first-order chi connectivity index (χ1) is 10.6. The van der Waals surface area contributed by atoms with Crippen molar-refractivity contribution in [3.05, 3.63) is 53.2 Å². The lowest BCUT2D eigenvalue weighted by Crippen LogP contribution is -2.36. The summed E-state index contributed by atoms with van der Waals surface area (Å²) in [6.07, 6.45) is 6.93. The number of halogens is 3. The van der Waals surface area contributed by atoms with Gasteiger partial charge in [-0.25, -0.2) is 0 Å². The van der Waals surface area contributed by atoms with Gasteiger partial charge in [-0.1, -0.05) is 0 Å². The Bertz CT molecular complexity index is 620. The molecule has 7 heteroatoms. The maximum atomic E-state index is 5.43. The molecule has 4 nitrogen and oxygen atoms in total. The lowest BCUT2D eigenvalue weighted by atomic mass is 9.96. The van der Waals surface area contributed by atoms with E-state index in [2.05, 4.69) is 35.7 Å². The van der Waals surface area contributed by atoms with Crippen LogP contribution in [0.3, 0.4) is 0 Å². The Labute approximate surface area is 169 Å². The molecule has 3 rings (SSSR count). The van der Waals surface area contributed by atoms with Gasteiger partial charge in [0, 0.05) is 38.1 Å². The van der Waals surface area contributed by atoms with Gasteiger partial charge in [0.05, 0.1) is 12.8 Å². The van der Waals surface area contributed by atoms with Gasteiger partial charge in [0.1, 0.15) is 5.76 Å². The molecular formula is C18H28Cl3N3O. The van der Waals surface area contributed by atoms with Crippen LogP contribution in [0.4, 0.5) is 0 Å². The van der Waals surface area contributed by atoms with Crippen molar-refractivity contribution in [1.82, 2.24) is 14.8 Å². The zero-order valence-electron chi connectivity index (χ0n) is 15.0. The van der Waals surface area contributed by atoms with Gasteiger partial charge in [0.2, 0.25) is 0 Å². The van der Waals surface area contributed by atoms with Crippen LogP contribution in [0.25, 0.3) is 0 Å². The van der Waals surface area contributed by atoms with Crippen LogP contribution >= 0.6 is 37.2 Å². The summed E-state index contributed by atoms with van der Waals surface area (Å²) in [5.41, 5.74) is 4.25. The second-order valence-electron chi connectivity index (χ2n) is 6.50. The molecule has 0 bridgehead atoms. The van der Waals surface area contributed by atoms with E-state index >= 15 is 0 Å². The summed E-state index contributed by atoms with van der Waals surface area (Å²) in [5, 5.41) is 0. The second-order valence-corrected chi connectivity index (χ2v) is 6.50. The molecule has 0 radical (unpaired) electrons. The maximum Gasteiger partial charge on any atom is 0.117 e. The summed E-state index contributed by atoms with van der Waals surface area (Å²) < 4.78 is 5.43. The van der Waals surface area contributed by atoms with E-state index in [1.54, 1.807) is 6.26 Å². The Morgan fingerprint density at radius 2 is 1.96 bits per heavy atom. The highest BCUT2D eigenvalue weighted by atomic mass is 35.5. The van der Waals surface area contributed by atoms with E-state index in [9.17, 15) is 0 Å². The molecule has 25 heavy (non-hydrogen) atoms. The Hall–Kier alpha value is -0.780. The zero-order valence-corrected chi connectivity index (χ0v) is 17.4. The number of rotatable bonds is 5. The molecule has 0 amide bonds. The van der Waals surface area contributed by atoms with Crippen molar-refractivity contribution in [2.75, 3.05) is 13.6 Å². The Morgan fingerprint density at radius 1 is 1.20 bits per heavy atom. The van der Waals surface area contributed by atoms with Crippen molar-refractivity contribution in [2.45, 2.75) is 45.9 Å². The van der Waals surface area contributed by atoms with Crippen LogP contribution in [0.2, 0.25) is 0 Å². The first-order valence-electron chi connectivity index (χ1n) is 8.03. The second kappa shape index (κ2) is 11.0. The molecule has 0 saturated carbocycles. The van der Waals surface area contributed by atoms with Crippen LogP contribution in [-0.4, -0.2) is 34.4 Å². The molecule has 2 aromatic heterocycles. The smallest absolute Gasteiger partial charge is 0.117 e. The average molecular weight is 409 g/mol. The molecule has 2 aromatic rings. The first kappa shape index (κ1) is 24.2. The number of pyridine rings is 1. The van der Waals surface area contributed by atoms with Crippen LogP contribution in [0, 0.1) is 0 Å². The molecule has 1 aliphatic heterocycles. The minimum absolute atomic E-state index is 0. The standard InChI is InChI=1S/C18H25N3O.3ClH/c1-14(2)21-7-6-18-15(9-19-10-16(18)12-21)11-20(3)13-17-5-4-8-22-17;;;/h4-5,8-10,14H,6-7,11-13H2,1-3H3;3*1H. The van der Waals surface area contributed by atoms with Gasteiger partial charge >= 0.3 is 0 Å². The molecule has 0 aromatic carbocycles. The normalized spacial score (nSPS) is 13.6. The SMILES string of the molecule is CC(C)N1CCc2c(CN(C)Cc3ccco3)cncc2C1.Cl.Cl.Cl. The largest absolute Gasteiger partial charge is 0.468 e. The van der Waals surface area contributed by atoms with Crippen molar-refractivity contribution in [2.24, 2.45) is 0 Å². The van der Waals surface area contributed by atoms with Gasteiger partial charge in [0.25, 0.3) is 0 Å². The van der Waals surface area contributed by atoms with Crippen molar-refractivity contribution in [3.63, 3.8) is 0 Å². The first-order valence-corrected chi connectivity index (χ1v) is 8.03. The molecule has 0 N–H and O–H groups in total. The Balaban J connectivity index is 0.00000192. The van der Waals surface area contributed by atoms with Crippen molar-refractivity contribution in [1.29, 1.82) is 0 Å².